The van der Waals surface area contributed by atoms with Crippen LogP contribution in [0.5, 0.6) is 0 Å². The normalized spacial score (nSPS) is 10.9. The van der Waals surface area contributed by atoms with Gasteiger partial charge in [-0.05, 0) is 93.7 Å². The Morgan fingerprint density at radius 3 is 1.24 bits per heavy atom. The Morgan fingerprint density at radius 2 is 0.902 bits per heavy atom. The van der Waals surface area contributed by atoms with Crippen molar-refractivity contribution in [3.05, 3.63) is 113 Å². The second kappa shape index (κ2) is 12.2. The summed E-state index contributed by atoms with van der Waals surface area (Å²) in [6, 6.07) is 7.13. The first-order chi connectivity index (χ1) is 19.3. The Bertz CT molecular complexity index is 1610. The van der Waals surface area contributed by atoms with Gasteiger partial charge in [0.05, 0.1) is 33.9 Å². The predicted octanol–water partition coefficient (Wildman–Crippen LogP) is 8.49. The first kappa shape index (κ1) is 30.5. The number of anilines is 4. The van der Waals surface area contributed by atoms with Crippen LogP contribution < -0.4 is 10.6 Å². The van der Waals surface area contributed by atoms with E-state index in [9.17, 15) is 44.7 Å². The molecule has 0 heterocycles. The third kappa shape index (κ3) is 6.39. The second-order valence-electron chi connectivity index (χ2n) is 7.99. The molecule has 0 amide bonds. The van der Waals surface area contributed by atoms with Gasteiger partial charge < -0.3 is 15.4 Å². The summed E-state index contributed by atoms with van der Waals surface area (Å²) in [5.41, 5.74) is -5.56. The number of nitrogens with one attached hydrogen (secondary N) is 2. The van der Waals surface area contributed by atoms with E-state index in [1.54, 1.807) is 45.2 Å². The van der Waals surface area contributed by atoms with Crippen LogP contribution in [0.25, 0.3) is 0 Å². The van der Waals surface area contributed by atoms with Crippen molar-refractivity contribution in [3.63, 3.8) is 0 Å². The van der Waals surface area contributed by atoms with Crippen LogP contribution in [0.1, 0.15) is 20.7 Å². The molecular weight excluding hydrogens is 794 g/mol. The molecule has 0 atom stereocenters. The predicted molar refractivity (Wildman–Crippen MR) is 147 cm³/mol. The molecule has 41 heavy (non-hydrogen) atoms. The molecule has 0 saturated carbocycles. The molecule has 15 heteroatoms. The lowest BCUT2D eigenvalue weighted by Gasteiger charge is -2.16. The van der Waals surface area contributed by atoms with Crippen LogP contribution in [0.4, 0.5) is 57.9 Å². The van der Waals surface area contributed by atoms with Crippen molar-refractivity contribution in [3.8, 4) is 0 Å². The van der Waals surface area contributed by atoms with E-state index in [2.05, 4.69) is 15.4 Å². The van der Waals surface area contributed by atoms with Crippen LogP contribution in [0.15, 0.2) is 48.5 Å². The van der Waals surface area contributed by atoms with Crippen molar-refractivity contribution >= 4 is 79.9 Å². The largest absolute Gasteiger partial charge is 0.386 e. The number of ether oxygens (including phenoxy) is 1. The van der Waals surface area contributed by atoms with Crippen LogP contribution in [-0.4, -0.2) is 11.9 Å². The number of hydrogen-bond donors (Lipinski definition) is 2. The van der Waals surface area contributed by atoms with Crippen molar-refractivity contribution < 1.29 is 49.4 Å². The summed E-state index contributed by atoms with van der Waals surface area (Å²) in [6.45, 7) is 0. The molecule has 0 aromatic heterocycles. The lowest BCUT2D eigenvalue weighted by molar-refractivity contribution is 0.0397. The number of benzene rings is 4. The first-order valence-electron chi connectivity index (χ1n) is 10.8. The number of rotatable bonds is 6. The van der Waals surface area contributed by atoms with Crippen LogP contribution >= 0.6 is 45.2 Å². The zero-order valence-electron chi connectivity index (χ0n) is 19.6. The molecule has 4 aromatic carbocycles. The molecule has 0 saturated heterocycles. The average molecular weight is 804 g/mol. The summed E-state index contributed by atoms with van der Waals surface area (Å²) in [6.07, 6.45) is 0. The molecule has 0 fully saturated rings. The van der Waals surface area contributed by atoms with Gasteiger partial charge in [0.15, 0.2) is 34.9 Å². The van der Waals surface area contributed by atoms with E-state index in [1.807, 2.05) is 0 Å². The van der Waals surface area contributed by atoms with E-state index in [0.29, 0.717) is 7.14 Å². The molecule has 0 bridgehead atoms. The highest BCUT2D eigenvalue weighted by atomic mass is 127. The molecule has 0 aliphatic heterocycles. The Morgan fingerprint density at radius 1 is 0.537 bits per heavy atom. The SMILES string of the molecule is O=C(OC(=O)c1cc(F)c(F)c(F)c1Nc1ccc(I)cc1F)c1cc(F)c(F)c(F)c1Nc1ccc(I)cc1F. The summed E-state index contributed by atoms with van der Waals surface area (Å²) in [4.78, 5) is 25.6. The van der Waals surface area contributed by atoms with Gasteiger partial charge in [0.1, 0.15) is 11.6 Å². The van der Waals surface area contributed by atoms with E-state index in [1.165, 1.54) is 12.1 Å². The maximum Gasteiger partial charge on any atom is 0.348 e. The number of carbonyl (C=O) groups is 2. The van der Waals surface area contributed by atoms with Gasteiger partial charge in [-0.25, -0.2) is 44.7 Å². The maximum absolute atomic E-state index is 14.7. The van der Waals surface area contributed by atoms with Gasteiger partial charge in [-0.3, -0.25) is 0 Å². The summed E-state index contributed by atoms with van der Waals surface area (Å²) in [5, 5.41) is 4.16. The highest BCUT2D eigenvalue weighted by molar-refractivity contribution is 14.1. The maximum atomic E-state index is 14.7. The third-order valence-corrected chi connectivity index (χ3v) is 6.67. The Labute approximate surface area is 252 Å². The monoisotopic (exact) mass is 804 g/mol. The molecule has 4 rings (SSSR count). The van der Waals surface area contributed by atoms with Crippen molar-refractivity contribution in [1.82, 2.24) is 0 Å². The van der Waals surface area contributed by atoms with Crippen molar-refractivity contribution in [2.45, 2.75) is 0 Å². The van der Waals surface area contributed by atoms with Gasteiger partial charge in [0, 0.05) is 7.14 Å². The standard InChI is InChI=1S/C26H10F8I2N2O3/c27-13-5-9(35)1-3-17(13)37-23-11(7-15(29)19(31)21(23)33)25(39)41-26(40)12-8-16(30)20(32)22(34)24(12)38-18-4-2-10(36)6-14(18)28/h1-8,37-38H. The van der Waals surface area contributed by atoms with E-state index in [0.717, 1.165) is 24.3 Å². The molecule has 0 aliphatic rings. The molecule has 2 N–H and O–H groups in total. The zero-order chi connectivity index (χ0) is 30.2. The highest BCUT2D eigenvalue weighted by Crippen LogP contribution is 2.33. The Hall–Kier alpha value is -3.48. The minimum Gasteiger partial charge on any atom is -0.386 e. The van der Waals surface area contributed by atoms with Crippen molar-refractivity contribution in [2.75, 3.05) is 10.6 Å². The summed E-state index contributed by atoms with van der Waals surface area (Å²) in [5.74, 6) is -17.6. The number of carbonyl (C=O) groups excluding carboxylic acids is 2. The lowest BCUT2D eigenvalue weighted by atomic mass is 10.1. The second-order valence-corrected chi connectivity index (χ2v) is 10.5. The van der Waals surface area contributed by atoms with Crippen LogP contribution in [0, 0.1) is 53.7 Å². The van der Waals surface area contributed by atoms with Gasteiger partial charge in [0.2, 0.25) is 0 Å². The summed E-state index contributed by atoms with van der Waals surface area (Å²) in [7, 11) is 0. The molecule has 212 valence electrons. The van der Waals surface area contributed by atoms with Gasteiger partial charge in [0.25, 0.3) is 0 Å². The fourth-order valence-electron chi connectivity index (χ4n) is 3.40. The molecule has 4 aromatic rings. The Kier molecular flexibility index (Phi) is 9.05. The van der Waals surface area contributed by atoms with E-state index >= 15 is 0 Å². The van der Waals surface area contributed by atoms with Gasteiger partial charge in [-0.15, -0.1) is 0 Å². The van der Waals surface area contributed by atoms with E-state index in [4.69, 9.17) is 0 Å². The van der Waals surface area contributed by atoms with Crippen LogP contribution in [0.3, 0.4) is 0 Å². The van der Waals surface area contributed by atoms with E-state index in [-0.39, 0.29) is 12.1 Å². The fraction of sp³-hybridized carbons (Fsp3) is 0. The number of esters is 2. The smallest absolute Gasteiger partial charge is 0.348 e. The molecule has 5 nitrogen and oxygen atoms in total. The van der Waals surface area contributed by atoms with Crippen LogP contribution in [-0.2, 0) is 4.74 Å². The number of hydrogen-bond acceptors (Lipinski definition) is 5. The highest BCUT2D eigenvalue weighted by Gasteiger charge is 2.30. The molecule has 0 spiro atoms. The van der Waals surface area contributed by atoms with Crippen molar-refractivity contribution in [2.24, 2.45) is 0 Å². The van der Waals surface area contributed by atoms with Gasteiger partial charge in [-0.2, -0.15) is 0 Å². The molecule has 0 unspecified atom stereocenters. The van der Waals surface area contributed by atoms with Gasteiger partial charge >= 0.3 is 11.9 Å². The molecular formula is C26H10F8I2N2O3. The average Bonchev–Trinajstić information content (AvgIpc) is 2.91. The number of halogens is 10. The van der Waals surface area contributed by atoms with E-state index < -0.39 is 92.4 Å². The minimum atomic E-state index is -2.06. The lowest BCUT2D eigenvalue weighted by Crippen LogP contribution is -2.18. The minimum absolute atomic E-state index is 0.132. The quantitative estimate of drug-likeness (QED) is 0.0674. The first-order valence-corrected chi connectivity index (χ1v) is 13.0. The molecule has 0 aliphatic carbocycles. The topological polar surface area (TPSA) is 67.4 Å². The van der Waals surface area contributed by atoms with Crippen molar-refractivity contribution in [1.29, 1.82) is 0 Å². The van der Waals surface area contributed by atoms with Gasteiger partial charge in [-0.1, -0.05) is 0 Å². The summed E-state index contributed by atoms with van der Waals surface area (Å²) >= 11 is 3.52. The fourth-order valence-corrected chi connectivity index (χ4v) is 4.31. The third-order valence-electron chi connectivity index (χ3n) is 5.33. The summed E-state index contributed by atoms with van der Waals surface area (Å²) < 4.78 is 119. The zero-order valence-corrected chi connectivity index (χ0v) is 23.9. The van der Waals surface area contributed by atoms with Crippen LogP contribution in [0.2, 0.25) is 0 Å². The Balaban J connectivity index is 1.74. The molecule has 0 radical (unpaired) electrons.